The summed E-state index contributed by atoms with van der Waals surface area (Å²) in [5, 5.41) is 2.70. The lowest BCUT2D eigenvalue weighted by Crippen LogP contribution is -2.33. The van der Waals surface area contributed by atoms with E-state index in [1.165, 1.54) is 0 Å². The van der Waals surface area contributed by atoms with Gasteiger partial charge in [0.1, 0.15) is 12.2 Å². The van der Waals surface area contributed by atoms with Crippen molar-refractivity contribution in [1.82, 2.24) is 5.32 Å². The summed E-state index contributed by atoms with van der Waals surface area (Å²) >= 11 is 0. The third kappa shape index (κ3) is 8.22. The first-order valence-electron chi connectivity index (χ1n) is 7.82. The smallest absolute Gasteiger partial charge is 0.444 e. The van der Waals surface area contributed by atoms with Gasteiger partial charge in [0, 0.05) is 6.54 Å². The molecule has 0 aliphatic carbocycles. The van der Waals surface area contributed by atoms with E-state index in [1.807, 2.05) is 30.3 Å². The number of amides is 1. The summed E-state index contributed by atoms with van der Waals surface area (Å²) in [4.78, 5) is 23.0. The van der Waals surface area contributed by atoms with Gasteiger partial charge in [0.2, 0.25) is 0 Å². The highest BCUT2D eigenvalue weighted by Crippen LogP contribution is 2.14. The van der Waals surface area contributed by atoms with Crippen LogP contribution in [-0.4, -0.2) is 37.6 Å². The lowest BCUT2D eigenvalue weighted by atomic mass is 10.1. The number of ether oxygens (including phenoxy) is 3. The minimum absolute atomic E-state index is 0.0546. The van der Waals surface area contributed by atoms with E-state index >= 15 is 0 Å². The van der Waals surface area contributed by atoms with Crippen molar-refractivity contribution in [2.24, 2.45) is 0 Å². The molecule has 0 aromatic heterocycles. The van der Waals surface area contributed by atoms with E-state index in [4.69, 9.17) is 14.2 Å². The fourth-order valence-corrected chi connectivity index (χ4v) is 1.80. The second-order valence-electron chi connectivity index (χ2n) is 5.94. The molecule has 6 heteroatoms. The molecule has 0 spiro atoms. The van der Waals surface area contributed by atoms with Crippen LogP contribution in [0.4, 0.5) is 9.59 Å². The average Bonchev–Trinajstić information content (AvgIpc) is 2.50. The Morgan fingerprint density at radius 3 is 2.38 bits per heavy atom. The second-order valence-corrected chi connectivity index (χ2v) is 5.94. The monoisotopic (exact) mass is 335 g/mol. The molecule has 1 N–H and O–H groups in total. The van der Waals surface area contributed by atoms with Gasteiger partial charge in [0.05, 0.1) is 6.61 Å². The van der Waals surface area contributed by atoms with Crippen LogP contribution in [0.25, 0.3) is 5.57 Å². The van der Waals surface area contributed by atoms with E-state index < -0.39 is 17.8 Å². The van der Waals surface area contributed by atoms with Gasteiger partial charge in [-0.05, 0) is 44.9 Å². The standard InChI is InChI=1S/C18H25NO5/c1-5-22-17(21)23-12-11-15(14-9-7-6-8-10-14)13-19-16(20)24-18(2,3)4/h6-11H,5,12-13H2,1-4H3,(H,19,20)/b15-11-. The van der Waals surface area contributed by atoms with Gasteiger partial charge >= 0.3 is 12.2 Å². The van der Waals surface area contributed by atoms with Crippen LogP contribution in [-0.2, 0) is 14.2 Å². The molecule has 1 rings (SSSR count). The summed E-state index contributed by atoms with van der Waals surface area (Å²) in [6.45, 7) is 7.67. The van der Waals surface area contributed by atoms with Gasteiger partial charge in [-0.1, -0.05) is 30.3 Å². The number of carbonyl (C=O) groups excluding carboxylic acids is 2. The predicted molar refractivity (Wildman–Crippen MR) is 91.6 cm³/mol. The van der Waals surface area contributed by atoms with E-state index in [2.05, 4.69) is 5.32 Å². The number of carbonyl (C=O) groups is 2. The first kappa shape index (κ1) is 19.5. The Balaban J connectivity index is 2.69. The van der Waals surface area contributed by atoms with Crippen molar-refractivity contribution < 1.29 is 23.8 Å². The van der Waals surface area contributed by atoms with Gasteiger partial charge in [-0.15, -0.1) is 0 Å². The Hall–Kier alpha value is -2.50. The fraction of sp³-hybridized carbons (Fsp3) is 0.444. The summed E-state index contributed by atoms with van der Waals surface area (Å²) < 4.78 is 14.9. The summed E-state index contributed by atoms with van der Waals surface area (Å²) in [6, 6.07) is 9.50. The molecular weight excluding hydrogens is 310 g/mol. The zero-order valence-corrected chi connectivity index (χ0v) is 14.6. The topological polar surface area (TPSA) is 73.9 Å². The Kier molecular flexibility index (Phi) is 7.82. The third-order valence-electron chi connectivity index (χ3n) is 2.76. The zero-order valence-electron chi connectivity index (χ0n) is 14.6. The number of hydrogen-bond donors (Lipinski definition) is 1. The molecule has 0 aliphatic heterocycles. The van der Waals surface area contributed by atoms with E-state index in [1.54, 1.807) is 33.8 Å². The molecule has 0 heterocycles. The van der Waals surface area contributed by atoms with Crippen LogP contribution in [0, 0.1) is 0 Å². The van der Waals surface area contributed by atoms with Crippen molar-refractivity contribution in [2.75, 3.05) is 19.8 Å². The maximum absolute atomic E-state index is 11.8. The molecule has 0 radical (unpaired) electrons. The zero-order chi connectivity index (χ0) is 18.0. The molecule has 0 unspecified atom stereocenters. The van der Waals surface area contributed by atoms with E-state index in [-0.39, 0.29) is 19.8 Å². The average molecular weight is 335 g/mol. The van der Waals surface area contributed by atoms with Crippen molar-refractivity contribution in [3.05, 3.63) is 42.0 Å². The van der Waals surface area contributed by atoms with Crippen molar-refractivity contribution >= 4 is 17.8 Å². The van der Waals surface area contributed by atoms with E-state index in [0.29, 0.717) is 0 Å². The van der Waals surface area contributed by atoms with Crippen LogP contribution in [0.2, 0.25) is 0 Å². The molecule has 24 heavy (non-hydrogen) atoms. The molecule has 1 amide bonds. The van der Waals surface area contributed by atoms with E-state index in [0.717, 1.165) is 11.1 Å². The highest BCUT2D eigenvalue weighted by atomic mass is 16.7. The minimum atomic E-state index is -0.721. The molecule has 0 bridgehead atoms. The number of rotatable bonds is 6. The molecule has 1 aromatic rings. The van der Waals surface area contributed by atoms with Crippen LogP contribution in [0.1, 0.15) is 33.3 Å². The van der Waals surface area contributed by atoms with Crippen molar-refractivity contribution in [3.63, 3.8) is 0 Å². The summed E-state index contributed by atoms with van der Waals surface area (Å²) in [5.74, 6) is 0. The summed E-state index contributed by atoms with van der Waals surface area (Å²) in [5.41, 5.74) is 1.17. The Labute approximate surface area is 142 Å². The van der Waals surface area contributed by atoms with Gasteiger partial charge in [-0.3, -0.25) is 0 Å². The van der Waals surface area contributed by atoms with Gasteiger partial charge in [0.15, 0.2) is 0 Å². The molecular formula is C18H25NO5. The maximum Gasteiger partial charge on any atom is 0.508 e. The number of hydrogen-bond acceptors (Lipinski definition) is 5. The molecule has 0 aliphatic rings. The highest BCUT2D eigenvalue weighted by Gasteiger charge is 2.16. The van der Waals surface area contributed by atoms with Crippen LogP contribution in [0.15, 0.2) is 36.4 Å². The first-order valence-corrected chi connectivity index (χ1v) is 7.82. The van der Waals surface area contributed by atoms with Crippen molar-refractivity contribution in [1.29, 1.82) is 0 Å². The fourth-order valence-electron chi connectivity index (χ4n) is 1.80. The SMILES string of the molecule is CCOC(=O)OC/C=C(/CNC(=O)OC(C)(C)C)c1ccccc1. The number of nitrogens with one attached hydrogen (secondary N) is 1. The van der Waals surface area contributed by atoms with Gasteiger partial charge in [-0.25, -0.2) is 9.59 Å². The molecule has 0 fully saturated rings. The van der Waals surface area contributed by atoms with Crippen molar-refractivity contribution in [3.8, 4) is 0 Å². The maximum atomic E-state index is 11.8. The third-order valence-corrected chi connectivity index (χ3v) is 2.76. The summed E-state index contributed by atoms with van der Waals surface area (Å²) in [6.07, 6.45) is 0.501. The van der Waals surface area contributed by atoms with E-state index in [9.17, 15) is 9.59 Å². The summed E-state index contributed by atoms with van der Waals surface area (Å²) in [7, 11) is 0. The van der Waals surface area contributed by atoms with Crippen molar-refractivity contribution in [2.45, 2.75) is 33.3 Å². The van der Waals surface area contributed by atoms with Crippen LogP contribution in [0.5, 0.6) is 0 Å². The normalized spacial score (nSPS) is 11.6. The molecule has 0 saturated carbocycles. The van der Waals surface area contributed by atoms with Crippen LogP contribution in [0.3, 0.4) is 0 Å². The lowest BCUT2D eigenvalue weighted by Gasteiger charge is -2.20. The lowest BCUT2D eigenvalue weighted by molar-refractivity contribution is 0.0533. The predicted octanol–water partition coefficient (Wildman–Crippen LogP) is 3.77. The van der Waals surface area contributed by atoms with Gasteiger partial charge in [0.25, 0.3) is 0 Å². The Morgan fingerprint density at radius 2 is 1.79 bits per heavy atom. The number of alkyl carbamates (subject to hydrolysis) is 1. The quantitative estimate of drug-likeness (QED) is 0.801. The minimum Gasteiger partial charge on any atom is -0.444 e. The van der Waals surface area contributed by atoms with Crippen LogP contribution < -0.4 is 5.32 Å². The Morgan fingerprint density at radius 1 is 1.12 bits per heavy atom. The number of benzene rings is 1. The molecule has 6 nitrogen and oxygen atoms in total. The molecule has 1 aromatic carbocycles. The Bertz CT molecular complexity index is 561. The van der Waals surface area contributed by atoms with Gasteiger partial charge in [-0.2, -0.15) is 0 Å². The molecule has 0 atom stereocenters. The highest BCUT2D eigenvalue weighted by molar-refractivity contribution is 5.74. The molecule has 132 valence electrons. The first-order chi connectivity index (χ1) is 11.3. The molecule has 0 saturated heterocycles. The van der Waals surface area contributed by atoms with Gasteiger partial charge < -0.3 is 19.5 Å². The largest absolute Gasteiger partial charge is 0.508 e. The van der Waals surface area contributed by atoms with Crippen LogP contribution >= 0.6 is 0 Å². The second kappa shape index (κ2) is 9.60.